The molecule has 18 heavy (non-hydrogen) atoms. The Hall–Kier alpha value is -1.00. The third kappa shape index (κ3) is 5.56. The van der Waals surface area contributed by atoms with Gasteiger partial charge in [0.05, 0.1) is 0 Å². The Morgan fingerprint density at radius 1 is 1.44 bits per heavy atom. The van der Waals surface area contributed by atoms with Crippen molar-refractivity contribution in [3.63, 3.8) is 0 Å². The number of hydrogen-bond donors (Lipinski definition) is 1. The molecular weight excluding hydrogens is 244 g/mol. The largest absolute Gasteiger partial charge is 0.480 e. The van der Waals surface area contributed by atoms with Crippen LogP contribution < -0.4 is 5.73 Å². The van der Waals surface area contributed by atoms with Crippen molar-refractivity contribution in [2.45, 2.75) is 45.6 Å². The number of rotatable bonds is 6. The molecule has 0 fully saturated rings. The molecule has 100 valence electrons. The number of nitrogens with zero attached hydrogens (tertiary/aromatic N) is 1. The molecular formula is C14H22N2OS. The number of unbranched alkanes of at least 4 members (excludes halogenated alkanes) is 1. The van der Waals surface area contributed by atoms with E-state index in [1.165, 1.54) is 18.4 Å². The van der Waals surface area contributed by atoms with E-state index in [0.717, 1.165) is 6.42 Å². The van der Waals surface area contributed by atoms with Crippen LogP contribution >= 0.6 is 12.2 Å². The van der Waals surface area contributed by atoms with Crippen molar-refractivity contribution < 1.29 is 4.74 Å². The van der Waals surface area contributed by atoms with E-state index in [4.69, 9.17) is 22.7 Å². The minimum Gasteiger partial charge on any atom is -0.480 e. The lowest BCUT2D eigenvalue weighted by atomic mass is 10.1. The van der Waals surface area contributed by atoms with Crippen LogP contribution in [0, 0.1) is 0 Å². The zero-order valence-electron chi connectivity index (χ0n) is 11.4. The maximum atomic E-state index is 5.84. The second kappa shape index (κ2) is 6.81. The molecule has 3 nitrogen and oxygen atoms in total. The van der Waals surface area contributed by atoms with Gasteiger partial charge in [0.1, 0.15) is 12.3 Å². The van der Waals surface area contributed by atoms with E-state index < -0.39 is 0 Å². The van der Waals surface area contributed by atoms with E-state index in [1.54, 1.807) is 0 Å². The zero-order valence-corrected chi connectivity index (χ0v) is 12.2. The van der Waals surface area contributed by atoms with Crippen LogP contribution in [0.3, 0.4) is 0 Å². The highest BCUT2D eigenvalue weighted by Gasteiger charge is 2.13. The van der Waals surface area contributed by atoms with Crippen LogP contribution in [0.5, 0.6) is 0 Å². The van der Waals surface area contributed by atoms with Gasteiger partial charge in [-0.2, -0.15) is 0 Å². The van der Waals surface area contributed by atoms with Gasteiger partial charge in [0, 0.05) is 11.7 Å². The van der Waals surface area contributed by atoms with E-state index in [0.29, 0.717) is 17.4 Å². The van der Waals surface area contributed by atoms with Crippen LogP contribution in [0.25, 0.3) is 0 Å². The van der Waals surface area contributed by atoms with Crippen molar-refractivity contribution in [3.8, 4) is 0 Å². The molecule has 0 atom stereocenters. The Balaban J connectivity index is 2.54. The smallest absolute Gasteiger partial charge is 0.210 e. The summed E-state index contributed by atoms with van der Waals surface area (Å²) >= 11 is 5.18. The lowest BCUT2D eigenvalue weighted by molar-refractivity contribution is 0.238. The number of nitrogens with two attached hydrogens (primary N) is 1. The van der Waals surface area contributed by atoms with Gasteiger partial charge in [-0.15, -0.1) is 0 Å². The molecule has 0 radical (unpaired) electrons. The fourth-order valence-corrected chi connectivity index (χ4v) is 1.58. The Kier molecular flexibility index (Phi) is 5.69. The highest BCUT2D eigenvalue weighted by Crippen LogP contribution is 2.08. The van der Waals surface area contributed by atoms with E-state index in [2.05, 4.69) is 18.0 Å². The Morgan fingerprint density at radius 2 is 2.17 bits per heavy atom. The number of pyridine rings is 1. The normalized spacial score (nSPS) is 11.3. The molecule has 2 N–H and O–H groups in total. The second-order valence-electron chi connectivity index (χ2n) is 5.22. The fourth-order valence-electron chi connectivity index (χ4n) is 1.40. The predicted molar refractivity (Wildman–Crippen MR) is 78.8 cm³/mol. The molecule has 0 unspecified atom stereocenters. The van der Waals surface area contributed by atoms with Crippen LogP contribution in [-0.4, -0.2) is 22.2 Å². The van der Waals surface area contributed by atoms with E-state index in [-0.39, 0.29) is 5.54 Å². The summed E-state index contributed by atoms with van der Waals surface area (Å²) in [6.45, 7) is 6.37. The van der Waals surface area contributed by atoms with Gasteiger partial charge in [-0.1, -0.05) is 19.4 Å². The van der Waals surface area contributed by atoms with Crippen molar-refractivity contribution >= 4 is 17.3 Å². The van der Waals surface area contributed by atoms with Gasteiger partial charge in [0.25, 0.3) is 0 Å². The minimum absolute atomic E-state index is 0.384. The highest BCUT2D eigenvalue weighted by molar-refractivity contribution is 7.80. The molecule has 0 aromatic carbocycles. The maximum absolute atomic E-state index is 5.84. The van der Waals surface area contributed by atoms with Gasteiger partial charge in [-0.05, 0) is 50.5 Å². The second-order valence-corrected chi connectivity index (χ2v) is 5.59. The molecule has 0 amide bonds. The summed E-state index contributed by atoms with van der Waals surface area (Å²) in [5, 5.41) is 0.413. The van der Waals surface area contributed by atoms with Crippen LogP contribution in [0.4, 0.5) is 0 Å². The molecule has 0 aliphatic carbocycles. The average molecular weight is 266 g/mol. The lowest BCUT2D eigenvalue weighted by Gasteiger charge is -2.19. The van der Waals surface area contributed by atoms with Gasteiger partial charge in [0.2, 0.25) is 5.05 Å². The van der Waals surface area contributed by atoms with Crippen molar-refractivity contribution in [3.05, 3.63) is 29.6 Å². The standard InChI is InChI=1S/C14H22N2OS/c1-4-5-6-11-7-8-12(16-9-11)13(18)17-10-14(2,3)15/h7-9H,4-6,10,15H2,1-3H3. The molecule has 1 aromatic heterocycles. The molecule has 0 aliphatic rings. The summed E-state index contributed by atoms with van der Waals surface area (Å²) in [5.41, 5.74) is 7.39. The molecule has 0 aliphatic heterocycles. The number of ether oxygens (including phenoxy) is 1. The number of aryl methyl sites for hydroxylation is 1. The molecule has 1 heterocycles. The molecule has 0 spiro atoms. The van der Waals surface area contributed by atoms with Gasteiger partial charge < -0.3 is 10.5 Å². The van der Waals surface area contributed by atoms with E-state index in [1.807, 2.05) is 26.1 Å². The van der Waals surface area contributed by atoms with E-state index in [9.17, 15) is 0 Å². The molecule has 1 aromatic rings. The molecule has 1 rings (SSSR count). The van der Waals surface area contributed by atoms with Crippen LogP contribution in [0.2, 0.25) is 0 Å². The van der Waals surface area contributed by atoms with Crippen LogP contribution in [-0.2, 0) is 11.2 Å². The Labute approximate surface area is 115 Å². The van der Waals surface area contributed by atoms with Gasteiger partial charge in [0.15, 0.2) is 0 Å². The molecule has 4 heteroatoms. The van der Waals surface area contributed by atoms with Gasteiger partial charge >= 0.3 is 0 Å². The van der Waals surface area contributed by atoms with Crippen molar-refractivity contribution in [1.29, 1.82) is 0 Å². The lowest BCUT2D eigenvalue weighted by Crippen LogP contribution is -2.38. The topological polar surface area (TPSA) is 48.1 Å². The summed E-state index contributed by atoms with van der Waals surface area (Å²) in [7, 11) is 0. The molecule has 0 bridgehead atoms. The van der Waals surface area contributed by atoms with E-state index >= 15 is 0 Å². The SMILES string of the molecule is CCCCc1ccc(C(=S)OCC(C)(C)N)nc1. The van der Waals surface area contributed by atoms with Crippen molar-refractivity contribution in [1.82, 2.24) is 4.98 Å². The van der Waals surface area contributed by atoms with Crippen LogP contribution in [0.15, 0.2) is 18.3 Å². The van der Waals surface area contributed by atoms with Gasteiger partial charge in [-0.25, -0.2) is 0 Å². The number of aromatic nitrogens is 1. The summed E-state index contributed by atoms with van der Waals surface area (Å²) < 4.78 is 5.46. The van der Waals surface area contributed by atoms with Crippen molar-refractivity contribution in [2.75, 3.05) is 6.61 Å². The number of thiocarbonyl (C=S) groups is 1. The zero-order chi connectivity index (χ0) is 13.6. The third-order valence-corrected chi connectivity index (χ3v) is 2.76. The van der Waals surface area contributed by atoms with Crippen molar-refractivity contribution in [2.24, 2.45) is 5.73 Å². The summed E-state index contributed by atoms with van der Waals surface area (Å²) in [6.07, 6.45) is 5.31. The first-order valence-electron chi connectivity index (χ1n) is 6.33. The average Bonchev–Trinajstić information content (AvgIpc) is 2.33. The fraction of sp³-hybridized carbons (Fsp3) is 0.571. The molecule has 0 saturated heterocycles. The minimum atomic E-state index is -0.384. The Bertz CT molecular complexity index is 382. The quantitative estimate of drug-likeness (QED) is 0.804. The van der Waals surface area contributed by atoms with Crippen LogP contribution in [0.1, 0.15) is 44.9 Å². The summed E-state index contributed by atoms with van der Waals surface area (Å²) in [5.74, 6) is 0. The summed E-state index contributed by atoms with van der Waals surface area (Å²) in [4.78, 5) is 4.33. The monoisotopic (exact) mass is 266 g/mol. The Morgan fingerprint density at radius 3 is 2.67 bits per heavy atom. The first-order chi connectivity index (χ1) is 8.42. The number of hydrogen-bond acceptors (Lipinski definition) is 4. The van der Waals surface area contributed by atoms with Gasteiger partial charge in [-0.3, -0.25) is 4.98 Å². The predicted octanol–water partition coefficient (Wildman–Crippen LogP) is 2.85. The summed E-state index contributed by atoms with van der Waals surface area (Å²) in [6, 6.07) is 3.97. The third-order valence-electron chi connectivity index (χ3n) is 2.43. The first-order valence-corrected chi connectivity index (χ1v) is 6.74. The maximum Gasteiger partial charge on any atom is 0.210 e. The first kappa shape index (κ1) is 15.1. The molecule has 0 saturated carbocycles. The highest BCUT2D eigenvalue weighted by atomic mass is 32.1.